The highest BCUT2D eigenvalue weighted by Crippen LogP contribution is 2.41. The van der Waals surface area contributed by atoms with E-state index >= 15 is 0 Å². The van der Waals surface area contributed by atoms with Gasteiger partial charge in [-0.1, -0.05) is 60.7 Å². The van der Waals surface area contributed by atoms with E-state index in [9.17, 15) is 9.59 Å². The van der Waals surface area contributed by atoms with Crippen molar-refractivity contribution in [2.45, 2.75) is 24.2 Å². The zero-order chi connectivity index (χ0) is 23.4. The van der Waals surface area contributed by atoms with Gasteiger partial charge in [0.15, 0.2) is 11.6 Å². The second-order valence-electron chi connectivity index (χ2n) is 7.75. The number of Topliss-reactive ketones (excluding diaryl/α,β-unsaturated/α-hetero) is 2. The third-order valence-corrected chi connectivity index (χ3v) is 5.56. The lowest BCUT2D eigenvalue weighted by Crippen LogP contribution is -2.27. The highest BCUT2D eigenvalue weighted by atomic mass is 16.1. The fourth-order valence-electron chi connectivity index (χ4n) is 3.77. The Morgan fingerprint density at radius 2 is 1.09 bits per heavy atom. The van der Waals surface area contributed by atoms with Crippen LogP contribution in [-0.4, -0.2) is 16.6 Å². The first-order valence-electron chi connectivity index (χ1n) is 10.4. The summed E-state index contributed by atoms with van der Waals surface area (Å²) in [5, 5.41) is 31.2. The van der Waals surface area contributed by atoms with E-state index in [2.05, 4.69) is 46.3 Å². The van der Waals surface area contributed by atoms with Crippen molar-refractivity contribution in [3.05, 3.63) is 101 Å². The minimum atomic E-state index is -1.43. The van der Waals surface area contributed by atoms with Gasteiger partial charge < -0.3 is 0 Å². The average Bonchev–Trinajstić information content (AvgIpc) is 3.56. The Morgan fingerprint density at radius 3 is 1.62 bits per heavy atom. The first-order chi connectivity index (χ1) is 16.6. The predicted octanol–water partition coefficient (Wildman–Crippen LogP) is 5.60. The summed E-state index contributed by atoms with van der Waals surface area (Å²) in [5.74, 6) is -0.366. The van der Waals surface area contributed by atoms with Gasteiger partial charge in [-0.15, -0.1) is 20.5 Å². The van der Waals surface area contributed by atoms with Crippen LogP contribution in [0.3, 0.4) is 0 Å². The van der Waals surface area contributed by atoms with Crippen molar-refractivity contribution in [2.75, 3.05) is 0 Å². The Hall–Kier alpha value is -4.67. The van der Waals surface area contributed by atoms with Crippen molar-refractivity contribution in [3.63, 3.8) is 0 Å². The summed E-state index contributed by atoms with van der Waals surface area (Å²) in [6.45, 7) is 0. The molecular formula is C23H17N9O2. The fourth-order valence-corrected chi connectivity index (χ4v) is 3.77. The van der Waals surface area contributed by atoms with Crippen molar-refractivity contribution in [3.8, 4) is 0 Å². The van der Waals surface area contributed by atoms with Crippen LogP contribution in [0.1, 0.15) is 44.8 Å². The maximum atomic E-state index is 13.0. The van der Waals surface area contributed by atoms with E-state index in [4.69, 9.17) is 0 Å². The number of carbonyl (C=O) groups excluding carboxylic acids is 2. The molecule has 0 saturated carbocycles. The highest BCUT2D eigenvalue weighted by Gasteiger charge is 2.43. The molecule has 0 fully saturated rings. The first kappa shape index (κ1) is 21.2. The molecule has 0 saturated heterocycles. The Bertz CT molecular complexity index is 1230. The molecule has 0 amide bonds. The molecule has 11 heteroatoms. The largest absolute Gasteiger partial charge is 0.294 e. The molecule has 0 spiro atoms. The van der Waals surface area contributed by atoms with Gasteiger partial charge in [-0.05, 0) is 33.0 Å². The number of ketones is 2. The van der Waals surface area contributed by atoms with Crippen LogP contribution < -0.4 is 0 Å². The van der Waals surface area contributed by atoms with Crippen LogP contribution in [0.15, 0.2) is 120 Å². The molecular weight excluding hydrogens is 434 g/mol. The summed E-state index contributed by atoms with van der Waals surface area (Å²) in [5.41, 5.74) is -0.920. The molecule has 3 heterocycles. The topological polar surface area (TPSA) is 146 Å². The quantitative estimate of drug-likeness (QED) is 0.411. The molecule has 34 heavy (non-hydrogen) atoms. The Kier molecular flexibility index (Phi) is 5.42. The molecule has 1 aromatic heterocycles. The average molecular weight is 451 g/mol. The van der Waals surface area contributed by atoms with Gasteiger partial charge in [0.2, 0.25) is 11.3 Å². The standard InChI is InChI=1S/C23H17N9O2/c33-19(16-7-3-1-4-8-16)14-22(25-29-30-26-22)18-11-12-24-21(13-18)23(27-31-32-28-23)15-20(34)17-9-5-2-6-10-17/h1-13H,14-15H2. The molecule has 11 nitrogen and oxygen atoms in total. The van der Waals surface area contributed by atoms with Gasteiger partial charge in [0.05, 0.1) is 18.5 Å². The van der Waals surface area contributed by atoms with Crippen LogP contribution in [0, 0.1) is 0 Å². The summed E-state index contributed by atoms with van der Waals surface area (Å²) in [7, 11) is 0. The van der Waals surface area contributed by atoms with Crippen LogP contribution in [-0.2, 0) is 11.3 Å². The van der Waals surface area contributed by atoms with E-state index in [0.717, 1.165) is 0 Å². The van der Waals surface area contributed by atoms with Gasteiger partial charge in [-0.3, -0.25) is 14.6 Å². The Morgan fingerprint density at radius 1 is 0.618 bits per heavy atom. The Balaban J connectivity index is 1.49. The minimum Gasteiger partial charge on any atom is -0.294 e. The Labute approximate surface area is 193 Å². The number of aromatic nitrogens is 1. The van der Waals surface area contributed by atoms with E-state index in [-0.39, 0.29) is 24.4 Å². The summed E-state index contributed by atoms with van der Waals surface area (Å²) in [4.78, 5) is 30.3. The van der Waals surface area contributed by atoms with Crippen molar-refractivity contribution in [2.24, 2.45) is 41.4 Å². The van der Waals surface area contributed by atoms with E-state index < -0.39 is 11.3 Å². The van der Waals surface area contributed by atoms with Gasteiger partial charge in [0.25, 0.3) is 0 Å². The monoisotopic (exact) mass is 451 g/mol. The van der Waals surface area contributed by atoms with Crippen molar-refractivity contribution in [1.29, 1.82) is 0 Å². The van der Waals surface area contributed by atoms with E-state index in [1.54, 1.807) is 60.7 Å². The predicted molar refractivity (Wildman–Crippen MR) is 118 cm³/mol. The van der Waals surface area contributed by atoms with Crippen LogP contribution in [0.4, 0.5) is 0 Å². The van der Waals surface area contributed by atoms with Crippen molar-refractivity contribution < 1.29 is 9.59 Å². The number of pyridine rings is 1. The zero-order valence-electron chi connectivity index (χ0n) is 17.8. The maximum absolute atomic E-state index is 13.0. The van der Waals surface area contributed by atoms with E-state index in [0.29, 0.717) is 22.4 Å². The molecule has 0 bridgehead atoms. The van der Waals surface area contributed by atoms with Crippen LogP contribution >= 0.6 is 0 Å². The highest BCUT2D eigenvalue weighted by molar-refractivity contribution is 5.97. The van der Waals surface area contributed by atoms with Crippen molar-refractivity contribution in [1.82, 2.24) is 4.98 Å². The van der Waals surface area contributed by atoms with E-state index in [1.165, 1.54) is 6.20 Å². The van der Waals surface area contributed by atoms with Crippen molar-refractivity contribution >= 4 is 11.6 Å². The normalized spacial score (nSPS) is 16.7. The molecule has 0 atom stereocenters. The van der Waals surface area contributed by atoms with Gasteiger partial charge >= 0.3 is 0 Å². The van der Waals surface area contributed by atoms with Crippen LogP contribution in [0.2, 0.25) is 0 Å². The molecule has 2 aromatic carbocycles. The maximum Gasteiger partial charge on any atom is 0.243 e. The molecule has 3 aromatic rings. The lowest BCUT2D eigenvalue weighted by atomic mass is 9.90. The summed E-state index contributed by atoms with van der Waals surface area (Å²) >= 11 is 0. The fraction of sp³-hybridized carbons (Fsp3) is 0.174. The number of hydrogen-bond acceptors (Lipinski definition) is 11. The molecule has 2 aliphatic rings. The molecule has 0 radical (unpaired) electrons. The summed E-state index contributed by atoms with van der Waals surface area (Å²) in [6.07, 6.45) is 1.30. The molecule has 5 rings (SSSR count). The molecule has 166 valence electrons. The molecule has 0 aliphatic carbocycles. The first-order valence-corrected chi connectivity index (χ1v) is 10.4. The summed E-state index contributed by atoms with van der Waals surface area (Å²) in [6, 6.07) is 21.0. The number of benzene rings is 2. The summed E-state index contributed by atoms with van der Waals surface area (Å²) < 4.78 is 0. The minimum absolute atomic E-state index is 0.0908. The van der Waals surface area contributed by atoms with Gasteiger partial charge in [-0.2, -0.15) is 0 Å². The van der Waals surface area contributed by atoms with Gasteiger partial charge in [0.1, 0.15) is 0 Å². The molecule has 0 unspecified atom stereocenters. The smallest absolute Gasteiger partial charge is 0.243 e. The van der Waals surface area contributed by atoms with Gasteiger partial charge in [0, 0.05) is 22.9 Å². The van der Waals surface area contributed by atoms with Crippen LogP contribution in [0.25, 0.3) is 0 Å². The van der Waals surface area contributed by atoms with Gasteiger partial charge in [-0.25, -0.2) is 0 Å². The number of carbonyl (C=O) groups is 2. The molecule has 0 N–H and O–H groups in total. The SMILES string of the molecule is O=C(CC1(c2ccnc(C3(CC(=O)c4ccccc4)N=NN=N3)c2)N=NN=N1)c1ccccc1. The number of nitrogens with zero attached hydrogens (tertiary/aromatic N) is 9. The third-order valence-electron chi connectivity index (χ3n) is 5.56. The van der Waals surface area contributed by atoms with Crippen LogP contribution in [0.5, 0.6) is 0 Å². The third kappa shape index (κ3) is 3.94. The lowest BCUT2D eigenvalue weighted by Gasteiger charge is -2.23. The molecule has 2 aliphatic heterocycles. The second kappa shape index (κ2) is 8.70. The lowest BCUT2D eigenvalue weighted by molar-refractivity contribution is 0.0944. The van der Waals surface area contributed by atoms with E-state index in [1.807, 2.05) is 12.1 Å². The number of rotatable bonds is 8. The second-order valence-corrected chi connectivity index (χ2v) is 7.75. The number of hydrogen-bond donors (Lipinski definition) is 0. The zero-order valence-corrected chi connectivity index (χ0v) is 17.8.